The van der Waals surface area contributed by atoms with Gasteiger partial charge in [0, 0.05) is 6.08 Å². The van der Waals surface area contributed by atoms with Crippen LogP contribution in [0.3, 0.4) is 0 Å². The maximum absolute atomic E-state index is 10.2. The average molecular weight is 182 g/mol. The fourth-order valence-corrected chi connectivity index (χ4v) is 1.17. The second-order valence-electron chi connectivity index (χ2n) is 2.59. The van der Waals surface area contributed by atoms with E-state index in [2.05, 4.69) is 12.6 Å². The SMILES string of the molecule is O=C(O)C=CC1C=CC(S)=CC1. The van der Waals surface area contributed by atoms with E-state index in [1.807, 2.05) is 18.2 Å². The molecule has 12 heavy (non-hydrogen) atoms. The molecule has 0 bridgehead atoms. The van der Waals surface area contributed by atoms with Crippen LogP contribution in [0.1, 0.15) is 6.42 Å². The summed E-state index contributed by atoms with van der Waals surface area (Å²) in [6.45, 7) is 0. The minimum Gasteiger partial charge on any atom is -0.478 e. The molecule has 0 spiro atoms. The molecular weight excluding hydrogens is 172 g/mol. The van der Waals surface area contributed by atoms with Crippen LogP contribution in [0, 0.1) is 5.92 Å². The Morgan fingerprint density at radius 2 is 2.50 bits per heavy atom. The molecule has 0 aromatic carbocycles. The quantitative estimate of drug-likeness (QED) is 0.506. The molecule has 3 heteroatoms. The van der Waals surface area contributed by atoms with Crippen LogP contribution in [-0.2, 0) is 4.79 Å². The third kappa shape index (κ3) is 2.96. The standard InChI is InChI=1S/C9H10O2S/c10-9(11)6-3-7-1-4-8(12)5-2-7/h1,3-7,12H,2H2,(H,10,11). The van der Waals surface area contributed by atoms with Gasteiger partial charge in [-0.15, -0.1) is 12.6 Å². The van der Waals surface area contributed by atoms with Crippen molar-refractivity contribution in [3.8, 4) is 0 Å². The Morgan fingerprint density at radius 3 is 3.00 bits per heavy atom. The Hall–Kier alpha value is -0.960. The first-order valence-electron chi connectivity index (χ1n) is 3.67. The summed E-state index contributed by atoms with van der Waals surface area (Å²) < 4.78 is 0. The summed E-state index contributed by atoms with van der Waals surface area (Å²) in [6.07, 6.45) is 9.48. The van der Waals surface area contributed by atoms with Crippen LogP contribution in [0.15, 0.2) is 35.3 Å². The van der Waals surface area contributed by atoms with E-state index in [-0.39, 0.29) is 5.92 Å². The number of carboxylic acids is 1. The van der Waals surface area contributed by atoms with Gasteiger partial charge in [0.05, 0.1) is 0 Å². The molecule has 64 valence electrons. The molecule has 1 unspecified atom stereocenters. The van der Waals surface area contributed by atoms with Crippen LogP contribution in [0.4, 0.5) is 0 Å². The van der Waals surface area contributed by atoms with Gasteiger partial charge in [0.15, 0.2) is 0 Å². The lowest BCUT2D eigenvalue weighted by Gasteiger charge is -2.08. The van der Waals surface area contributed by atoms with E-state index in [1.54, 1.807) is 6.08 Å². The summed E-state index contributed by atoms with van der Waals surface area (Å²) in [4.78, 5) is 11.1. The first kappa shape index (κ1) is 9.13. The number of carbonyl (C=O) groups is 1. The molecule has 0 aromatic heterocycles. The Morgan fingerprint density at radius 1 is 1.75 bits per heavy atom. The highest BCUT2D eigenvalue weighted by molar-refractivity contribution is 7.84. The first-order chi connectivity index (χ1) is 5.68. The second-order valence-corrected chi connectivity index (χ2v) is 3.10. The summed E-state index contributed by atoms with van der Waals surface area (Å²) in [6, 6.07) is 0. The molecule has 0 radical (unpaired) electrons. The highest BCUT2D eigenvalue weighted by Crippen LogP contribution is 2.18. The maximum atomic E-state index is 10.2. The monoisotopic (exact) mass is 182 g/mol. The zero-order valence-electron chi connectivity index (χ0n) is 6.47. The molecule has 0 aromatic rings. The predicted octanol–water partition coefficient (Wildman–Crippen LogP) is 2.02. The molecule has 0 saturated carbocycles. The normalized spacial score (nSPS) is 22.8. The van der Waals surface area contributed by atoms with E-state index in [0.717, 1.165) is 11.3 Å². The van der Waals surface area contributed by atoms with Crippen molar-refractivity contribution in [3.63, 3.8) is 0 Å². The Bertz CT molecular complexity index is 264. The Labute approximate surface area is 76.7 Å². The third-order valence-electron chi connectivity index (χ3n) is 1.60. The van der Waals surface area contributed by atoms with Crippen LogP contribution in [-0.4, -0.2) is 11.1 Å². The first-order valence-corrected chi connectivity index (χ1v) is 4.11. The molecular formula is C9H10O2S. The molecule has 1 N–H and O–H groups in total. The molecule has 1 atom stereocenters. The van der Waals surface area contributed by atoms with Gasteiger partial charge >= 0.3 is 5.97 Å². The zero-order chi connectivity index (χ0) is 8.97. The van der Waals surface area contributed by atoms with Gasteiger partial charge in [-0.2, -0.15) is 0 Å². The van der Waals surface area contributed by atoms with Crippen LogP contribution in [0.2, 0.25) is 0 Å². The molecule has 0 fully saturated rings. The van der Waals surface area contributed by atoms with E-state index in [0.29, 0.717) is 0 Å². The van der Waals surface area contributed by atoms with Gasteiger partial charge in [0.2, 0.25) is 0 Å². The number of carboxylic acid groups (broad SMARTS) is 1. The number of thiol groups is 1. The van der Waals surface area contributed by atoms with E-state index in [4.69, 9.17) is 5.11 Å². The second kappa shape index (κ2) is 4.16. The van der Waals surface area contributed by atoms with Crippen LogP contribution in [0.25, 0.3) is 0 Å². The van der Waals surface area contributed by atoms with Crippen molar-refractivity contribution in [3.05, 3.63) is 35.3 Å². The minimum atomic E-state index is -0.899. The molecule has 1 rings (SSSR count). The van der Waals surface area contributed by atoms with Crippen molar-refractivity contribution < 1.29 is 9.90 Å². The minimum absolute atomic E-state index is 0.206. The fraction of sp³-hybridized carbons (Fsp3) is 0.222. The van der Waals surface area contributed by atoms with Gasteiger partial charge in [0.25, 0.3) is 0 Å². The van der Waals surface area contributed by atoms with Crippen LogP contribution >= 0.6 is 12.6 Å². The third-order valence-corrected chi connectivity index (χ3v) is 1.93. The van der Waals surface area contributed by atoms with E-state index >= 15 is 0 Å². The van der Waals surface area contributed by atoms with Gasteiger partial charge in [-0.3, -0.25) is 0 Å². The maximum Gasteiger partial charge on any atom is 0.327 e. The Balaban J connectivity index is 2.49. The number of aliphatic carboxylic acids is 1. The molecule has 1 aliphatic rings. The predicted molar refractivity (Wildman–Crippen MR) is 51.1 cm³/mol. The topological polar surface area (TPSA) is 37.3 Å². The highest BCUT2D eigenvalue weighted by Gasteiger charge is 2.03. The smallest absolute Gasteiger partial charge is 0.327 e. The largest absolute Gasteiger partial charge is 0.478 e. The molecule has 2 nitrogen and oxygen atoms in total. The lowest BCUT2D eigenvalue weighted by Crippen LogP contribution is -1.96. The van der Waals surface area contributed by atoms with Crippen molar-refractivity contribution >= 4 is 18.6 Å². The van der Waals surface area contributed by atoms with Gasteiger partial charge in [-0.1, -0.05) is 24.3 Å². The van der Waals surface area contributed by atoms with E-state index in [9.17, 15) is 4.79 Å². The van der Waals surface area contributed by atoms with E-state index in [1.165, 1.54) is 6.08 Å². The van der Waals surface area contributed by atoms with Crippen molar-refractivity contribution in [1.29, 1.82) is 0 Å². The summed E-state index contributed by atoms with van der Waals surface area (Å²) >= 11 is 4.14. The molecule has 0 saturated heterocycles. The van der Waals surface area contributed by atoms with Gasteiger partial charge in [0.1, 0.15) is 0 Å². The van der Waals surface area contributed by atoms with Crippen LogP contribution in [0.5, 0.6) is 0 Å². The zero-order valence-corrected chi connectivity index (χ0v) is 7.37. The van der Waals surface area contributed by atoms with Crippen LogP contribution < -0.4 is 0 Å². The lowest BCUT2D eigenvalue weighted by molar-refractivity contribution is -0.131. The lowest BCUT2D eigenvalue weighted by atomic mass is 10.0. The van der Waals surface area contributed by atoms with Crippen molar-refractivity contribution in [2.75, 3.05) is 0 Å². The summed E-state index contributed by atoms with van der Waals surface area (Å²) in [5, 5.41) is 8.35. The molecule has 0 aliphatic heterocycles. The number of rotatable bonds is 2. The van der Waals surface area contributed by atoms with Crippen molar-refractivity contribution in [2.45, 2.75) is 6.42 Å². The summed E-state index contributed by atoms with van der Waals surface area (Å²) in [5.74, 6) is -0.693. The van der Waals surface area contributed by atoms with Gasteiger partial charge in [-0.25, -0.2) is 4.79 Å². The number of hydrogen-bond donors (Lipinski definition) is 2. The highest BCUT2D eigenvalue weighted by atomic mass is 32.1. The number of allylic oxidation sites excluding steroid dienone is 4. The summed E-state index contributed by atoms with van der Waals surface area (Å²) in [5.41, 5.74) is 0. The molecule has 1 aliphatic carbocycles. The van der Waals surface area contributed by atoms with E-state index < -0.39 is 5.97 Å². The van der Waals surface area contributed by atoms with Gasteiger partial charge < -0.3 is 5.11 Å². The fourth-order valence-electron chi connectivity index (χ4n) is 0.974. The average Bonchev–Trinajstić information content (AvgIpc) is 2.03. The summed E-state index contributed by atoms with van der Waals surface area (Å²) in [7, 11) is 0. The van der Waals surface area contributed by atoms with Crippen molar-refractivity contribution in [1.82, 2.24) is 0 Å². The van der Waals surface area contributed by atoms with Gasteiger partial charge in [-0.05, 0) is 17.2 Å². The number of hydrogen-bond acceptors (Lipinski definition) is 2. The van der Waals surface area contributed by atoms with Crippen molar-refractivity contribution in [2.24, 2.45) is 5.92 Å². The molecule has 0 heterocycles. The Kier molecular flexibility index (Phi) is 3.17. The molecule has 0 amide bonds.